The van der Waals surface area contributed by atoms with Crippen LogP contribution in [0.2, 0.25) is 0 Å². The van der Waals surface area contributed by atoms with Crippen LogP contribution in [0.25, 0.3) is 5.69 Å². The molecule has 4 aliphatic heterocycles. The molecule has 3 saturated heterocycles. The quantitative estimate of drug-likeness (QED) is 0.0283. The van der Waals surface area contributed by atoms with E-state index in [0.717, 1.165) is 116 Å². The highest BCUT2D eigenvalue weighted by atomic mass is 31.2. The Morgan fingerprint density at radius 3 is 2.30 bits per heavy atom. The molecular weight excluding hydrogens is 1120 g/mol. The lowest BCUT2D eigenvalue weighted by Crippen LogP contribution is -2.48. The van der Waals surface area contributed by atoms with Gasteiger partial charge >= 0.3 is 5.97 Å². The maximum absolute atomic E-state index is 13.5. The van der Waals surface area contributed by atoms with E-state index in [0.29, 0.717) is 103 Å². The lowest BCUT2D eigenvalue weighted by atomic mass is 9.93. The number of rotatable bonds is 31. The predicted octanol–water partition coefficient (Wildman–Crippen LogP) is 9.23. The molecule has 0 aliphatic carbocycles. The Morgan fingerprint density at radius 2 is 1.56 bits per heavy atom. The topological polar surface area (TPSA) is 208 Å². The molecule has 20 nitrogen and oxygen atoms in total. The first-order valence-electron chi connectivity index (χ1n) is 31.8. The Labute approximate surface area is 517 Å². The molecule has 1 N–H and O–H groups in total. The van der Waals surface area contributed by atoms with Gasteiger partial charge in [-0.1, -0.05) is 30.7 Å². The van der Waals surface area contributed by atoms with Gasteiger partial charge in [0.2, 0.25) is 17.7 Å². The van der Waals surface area contributed by atoms with Gasteiger partial charge in [0, 0.05) is 120 Å². The second-order valence-electron chi connectivity index (χ2n) is 24.4. The number of carbonyl (C=O) groups is 5. The van der Waals surface area contributed by atoms with E-state index in [9.17, 15) is 24.0 Å². The number of aryl methyl sites for hydroxylation is 4. The first-order valence-corrected chi connectivity index (χ1v) is 33.0. The van der Waals surface area contributed by atoms with Gasteiger partial charge < -0.3 is 43.4 Å². The van der Waals surface area contributed by atoms with Crippen molar-refractivity contribution in [3.05, 3.63) is 94.9 Å². The van der Waals surface area contributed by atoms with Gasteiger partial charge in [-0.05, 0) is 165 Å². The molecule has 3 fully saturated rings. The Kier molecular flexibility index (Phi) is 25.4. The maximum Gasteiger partial charge on any atom is 0.306 e. The van der Waals surface area contributed by atoms with Gasteiger partial charge in [-0.2, -0.15) is 10.4 Å². The standard InChI is InChI=1S/C66H94N11O9P/c1-48(2)77(49(3)4)87(85-38-16-29-67)86-60-28-33-74(46-60)63(80)21-12-9-13-30-68-61(78)20-14-22-62(79)73-36-34-72(35-37-73)57-40-54(41-58(43-57)76-51(6)39-50(5)70-76)55(42-65(82)83-7)45-71-32-27-52(44-71)23-25-56-26-24-53-17-15-31-75(66(53)69-56)64(81)47-84-59-18-10-8-11-19-59/h8,10-11,18-19,24,26,39-41,43,48-49,52,55,60H,9,12-17,20-23,25,27-28,30-38,42,44-47H2,1-7H3,(H,68,78)/t52-,55-,60-,87?/m1/s1. The van der Waals surface area contributed by atoms with Crippen molar-refractivity contribution in [2.24, 2.45) is 5.92 Å². The molecule has 4 atom stereocenters. The number of piperazine rings is 1. The third-order valence-electron chi connectivity index (χ3n) is 17.0. The number of nitriles is 1. The first-order chi connectivity index (χ1) is 42.0. The minimum absolute atomic E-state index is 0.0389. The number of nitrogens with zero attached hydrogens (tertiary/aromatic N) is 10. The van der Waals surface area contributed by atoms with Gasteiger partial charge in [0.1, 0.15) is 11.6 Å². The van der Waals surface area contributed by atoms with Crippen LogP contribution in [-0.4, -0.2) is 174 Å². The van der Waals surface area contributed by atoms with Crippen LogP contribution in [0.4, 0.5) is 11.5 Å². The number of ether oxygens (including phenoxy) is 2. The number of nitrogens with one attached hydrogen (secondary N) is 1. The molecule has 8 rings (SSSR count). The predicted molar refractivity (Wildman–Crippen MR) is 338 cm³/mol. The molecule has 0 saturated carbocycles. The molecule has 0 spiro atoms. The monoisotopic (exact) mass is 1220 g/mol. The lowest BCUT2D eigenvalue weighted by molar-refractivity contribution is -0.141. The molecule has 87 heavy (non-hydrogen) atoms. The molecule has 4 amide bonds. The molecule has 0 bridgehead atoms. The number of benzene rings is 2. The number of likely N-dealkylation sites (tertiary alicyclic amines) is 2. The summed E-state index contributed by atoms with van der Waals surface area (Å²) in [5.74, 6) is 1.46. The van der Waals surface area contributed by atoms with E-state index in [1.165, 1.54) is 7.11 Å². The van der Waals surface area contributed by atoms with E-state index in [-0.39, 0.29) is 73.2 Å². The van der Waals surface area contributed by atoms with Gasteiger partial charge in [0.15, 0.2) is 6.61 Å². The summed E-state index contributed by atoms with van der Waals surface area (Å²) in [5, 5.41) is 16.9. The number of hydrogen-bond donors (Lipinski definition) is 1. The minimum atomic E-state index is -1.36. The second-order valence-corrected chi connectivity index (χ2v) is 25.8. The molecule has 2 aromatic carbocycles. The van der Waals surface area contributed by atoms with Crippen molar-refractivity contribution in [1.82, 2.24) is 39.5 Å². The zero-order valence-corrected chi connectivity index (χ0v) is 53.5. The fourth-order valence-electron chi connectivity index (χ4n) is 12.5. The molecule has 1 unspecified atom stereocenters. The third-order valence-corrected chi connectivity index (χ3v) is 19.2. The summed E-state index contributed by atoms with van der Waals surface area (Å²) in [7, 11) is 0.0852. The van der Waals surface area contributed by atoms with Crippen LogP contribution in [-0.2, 0) is 50.6 Å². The maximum atomic E-state index is 13.5. The van der Waals surface area contributed by atoms with Crippen molar-refractivity contribution < 1.29 is 42.5 Å². The number of hydrogen-bond acceptors (Lipinski definition) is 15. The molecule has 4 aliphatic rings. The van der Waals surface area contributed by atoms with Gasteiger partial charge in [0.05, 0.1) is 50.1 Å². The van der Waals surface area contributed by atoms with Gasteiger partial charge in [0.25, 0.3) is 14.4 Å². The molecule has 4 aromatic rings. The number of fused-ring (bicyclic) bond motifs is 1. The third kappa shape index (κ3) is 19.5. The highest BCUT2D eigenvalue weighted by molar-refractivity contribution is 7.44. The largest absolute Gasteiger partial charge is 0.484 e. The fraction of sp³-hybridized carbons (Fsp3) is 0.606. The van der Waals surface area contributed by atoms with E-state index < -0.39 is 8.53 Å². The summed E-state index contributed by atoms with van der Waals surface area (Å²) < 4.78 is 27.8. The van der Waals surface area contributed by atoms with Crippen LogP contribution < -0.4 is 19.9 Å². The summed E-state index contributed by atoms with van der Waals surface area (Å²) in [5.41, 5.74) is 6.96. The van der Waals surface area contributed by atoms with E-state index >= 15 is 0 Å². The molecule has 0 radical (unpaired) electrons. The van der Waals surface area contributed by atoms with Gasteiger partial charge in [-0.25, -0.2) is 14.3 Å². The van der Waals surface area contributed by atoms with Crippen LogP contribution in [0, 0.1) is 31.1 Å². The van der Waals surface area contributed by atoms with Gasteiger partial charge in [-0.15, -0.1) is 0 Å². The number of methoxy groups -OCH3 is 1. The number of aromatic nitrogens is 3. The van der Waals surface area contributed by atoms with Crippen LogP contribution in [0.15, 0.2) is 66.7 Å². The summed E-state index contributed by atoms with van der Waals surface area (Å²) >= 11 is 0. The number of carbonyl (C=O) groups excluding carboxylic acids is 5. The average Bonchev–Trinajstić information content (AvgIpc) is 2.44. The zero-order chi connectivity index (χ0) is 61.8. The van der Waals surface area contributed by atoms with E-state index in [4.69, 9.17) is 33.9 Å². The average molecular weight is 1220 g/mol. The summed E-state index contributed by atoms with van der Waals surface area (Å²) in [4.78, 5) is 81.5. The molecule has 21 heteroatoms. The van der Waals surface area contributed by atoms with Crippen LogP contribution in [0.5, 0.6) is 5.75 Å². The normalized spacial score (nSPS) is 17.9. The number of unbranched alkanes of at least 4 members (excludes halogenated alkanes) is 2. The Hall–Kier alpha value is -6.49. The van der Waals surface area contributed by atoms with Crippen molar-refractivity contribution in [2.75, 3.05) is 102 Å². The van der Waals surface area contributed by atoms with E-state index in [1.54, 1.807) is 4.90 Å². The Bertz CT molecular complexity index is 2940. The number of para-hydroxylation sites is 1. The molecule has 472 valence electrons. The van der Waals surface area contributed by atoms with Crippen molar-refractivity contribution >= 4 is 49.6 Å². The molecule has 2 aromatic heterocycles. The lowest BCUT2D eigenvalue weighted by Gasteiger charge is -2.37. The number of pyridine rings is 1. The van der Waals surface area contributed by atoms with Crippen molar-refractivity contribution in [2.45, 2.75) is 162 Å². The van der Waals surface area contributed by atoms with Crippen LogP contribution >= 0.6 is 8.53 Å². The molecular formula is C66H94N11O9P. The smallest absolute Gasteiger partial charge is 0.306 e. The Balaban J connectivity index is 0.773. The van der Waals surface area contributed by atoms with Crippen LogP contribution in [0.3, 0.4) is 0 Å². The summed E-state index contributed by atoms with van der Waals surface area (Å²) in [6.07, 6.45) is 9.55. The molecule has 6 heterocycles. The van der Waals surface area contributed by atoms with Crippen molar-refractivity contribution in [1.29, 1.82) is 5.26 Å². The number of anilines is 2. The zero-order valence-electron chi connectivity index (χ0n) is 52.6. The van der Waals surface area contributed by atoms with E-state index in [1.807, 2.05) is 58.7 Å². The van der Waals surface area contributed by atoms with Crippen LogP contribution in [0.1, 0.15) is 145 Å². The first kappa shape index (κ1) is 66.5. The minimum Gasteiger partial charge on any atom is -0.484 e. The summed E-state index contributed by atoms with van der Waals surface area (Å²) in [6, 6.07) is 24.8. The fourth-order valence-corrected chi connectivity index (χ4v) is 14.2. The highest BCUT2D eigenvalue weighted by Crippen LogP contribution is 2.48. The number of esters is 1. The van der Waals surface area contributed by atoms with Crippen molar-refractivity contribution in [3.8, 4) is 17.5 Å². The Morgan fingerprint density at radius 1 is 0.805 bits per heavy atom. The van der Waals surface area contributed by atoms with Crippen molar-refractivity contribution in [3.63, 3.8) is 0 Å². The SMILES string of the molecule is COC(=O)C[C@H](CN1CC[C@@H](CCc2ccc3c(n2)N(C(=O)COc2ccccc2)CCC3)C1)c1cc(N2CCN(C(=O)CCCC(=O)NCCCCCC(=O)N3CC[C@@H](OP(OCCC#N)N(C(C)C)C(C)C)C3)CC2)cc(-n2nc(C)cc2C)c1. The summed E-state index contributed by atoms with van der Waals surface area (Å²) in [6.45, 7) is 19.9. The van der Waals surface area contributed by atoms with Gasteiger partial charge in [-0.3, -0.25) is 28.9 Å². The second kappa shape index (κ2) is 33.2. The highest BCUT2D eigenvalue weighted by Gasteiger charge is 2.35. The van der Waals surface area contributed by atoms with E-state index in [2.05, 4.69) is 89.9 Å². The number of amides is 4.